The second kappa shape index (κ2) is 4.39. The van der Waals surface area contributed by atoms with Crippen LogP contribution in [0.5, 0.6) is 0 Å². The Morgan fingerprint density at radius 3 is 2.53 bits per heavy atom. The molecule has 3 rings (SSSR count). The van der Waals surface area contributed by atoms with Gasteiger partial charge < -0.3 is 5.32 Å². The van der Waals surface area contributed by atoms with Gasteiger partial charge in [0.15, 0.2) is 0 Å². The number of halogens is 1. The van der Waals surface area contributed by atoms with E-state index >= 15 is 0 Å². The summed E-state index contributed by atoms with van der Waals surface area (Å²) in [5.74, 6) is -0.242. The number of rotatable bonds is 2. The van der Waals surface area contributed by atoms with Crippen molar-refractivity contribution in [1.29, 1.82) is 0 Å². The fourth-order valence-corrected chi connectivity index (χ4v) is 2.25. The van der Waals surface area contributed by atoms with Crippen molar-refractivity contribution in [2.24, 2.45) is 7.05 Å². The molecule has 0 atom stereocenters. The predicted molar refractivity (Wildman–Crippen MR) is 75.7 cm³/mol. The van der Waals surface area contributed by atoms with Gasteiger partial charge in [0.05, 0.1) is 5.52 Å². The van der Waals surface area contributed by atoms with Gasteiger partial charge in [-0.1, -0.05) is 12.1 Å². The summed E-state index contributed by atoms with van der Waals surface area (Å²) in [5.41, 5.74) is 3.75. The highest BCUT2D eigenvalue weighted by molar-refractivity contribution is 5.93. The summed E-state index contributed by atoms with van der Waals surface area (Å²) in [6, 6.07) is 12.7. The average molecular weight is 255 g/mol. The Balaban J connectivity index is 2.20. The van der Waals surface area contributed by atoms with Crippen LogP contribution >= 0.6 is 0 Å². The van der Waals surface area contributed by atoms with Gasteiger partial charge in [0.25, 0.3) is 0 Å². The highest BCUT2D eigenvalue weighted by atomic mass is 19.1. The van der Waals surface area contributed by atoms with Crippen LogP contribution in [-0.4, -0.2) is 16.8 Å². The van der Waals surface area contributed by atoms with Gasteiger partial charge in [-0.25, -0.2) is 4.39 Å². The van der Waals surface area contributed by atoms with E-state index in [2.05, 4.69) is 10.4 Å². The van der Waals surface area contributed by atoms with Crippen LogP contribution in [0.3, 0.4) is 0 Å². The minimum Gasteiger partial charge on any atom is -0.388 e. The molecule has 96 valence electrons. The van der Waals surface area contributed by atoms with Crippen LogP contribution in [0.2, 0.25) is 0 Å². The maximum atomic E-state index is 13.4. The quantitative estimate of drug-likeness (QED) is 0.760. The largest absolute Gasteiger partial charge is 0.388 e. The van der Waals surface area contributed by atoms with Crippen molar-refractivity contribution in [3.8, 4) is 11.3 Å². The molecule has 0 bridgehead atoms. The van der Waals surface area contributed by atoms with Gasteiger partial charge in [-0.05, 0) is 30.3 Å². The summed E-state index contributed by atoms with van der Waals surface area (Å²) in [5, 5.41) is 8.39. The summed E-state index contributed by atoms with van der Waals surface area (Å²) in [6.07, 6.45) is 0. The first-order valence-corrected chi connectivity index (χ1v) is 6.09. The molecular formula is C15H14FN3. The van der Waals surface area contributed by atoms with E-state index in [9.17, 15) is 4.39 Å². The van der Waals surface area contributed by atoms with Crippen molar-refractivity contribution < 1.29 is 4.39 Å². The Hall–Kier alpha value is -2.36. The lowest BCUT2D eigenvalue weighted by Gasteiger charge is -2.01. The smallest absolute Gasteiger partial charge is 0.124 e. The van der Waals surface area contributed by atoms with Gasteiger partial charge in [0.2, 0.25) is 0 Å². The second-order valence-corrected chi connectivity index (χ2v) is 4.46. The number of hydrogen-bond donors (Lipinski definition) is 1. The highest BCUT2D eigenvalue weighted by Crippen LogP contribution is 2.28. The standard InChI is InChI=1S/C15H14FN3/c1-17-12-6-3-10(4-7-12)15-13-9-11(16)5-8-14(13)19(2)18-15/h3-9,17H,1-2H3. The van der Waals surface area contributed by atoms with Crippen molar-refractivity contribution in [2.75, 3.05) is 12.4 Å². The molecule has 4 heteroatoms. The van der Waals surface area contributed by atoms with Crippen LogP contribution < -0.4 is 5.32 Å². The molecule has 0 saturated carbocycles. The van der Waals surface area contributed by atoms with E-state index in [0.29, 0.717) is 0 Å². The van der Waals surface area contributed by atoms with Crippen molar-refractivity contribution >= 4 is 16.6 Å². The summed E-state index contributed by atoms with van der Waals surface area (Å²) in [6.45, 7) is 0. The van der Waals surface area contributed by atoms with Crippen molar-refractivity contribution in [2.45, 2.75) is 0 Å². The third-order valence-electron chi connectivity index (χ3n) is 3.26. The summed E-state index contributed by atoms with van der Waals surface area (Å²) in [7, 11) is 3.74. The fraction of sp³-hybridized carbons (Fsp3) is 0.133. The first-order chi connectivity index (χ1) is 9.19. The van der Waals surface area contributed by atoms with Gasteiger partial charge in [-0.3, -0.25) is 4.68 Å². The highest BCUT2D eigenvalue weighted by Gasteiger charge is 2.11. The van der Waals surface area contributed by atoms with Gasteiger partial charge >= 0.3 is 0 Å². The fourth-order valence-electron chi connectivity index (χ4n) is 2.25. The SMILES string of the molecule is CNc1ccc(-c2nn(C)c3ccc(F)cc23)cc1. The number of aryl methyl sites for hydroxylation is 1. The summed E-state index contributed by atoms with van der Waals surface area (Å²) in [4.78, 5) is 0. The lowest BCUT2D eigenvalue weighted by atomic mass is 10.1. The first-order valence-electron chi connectivity index (χ1n) is 6.09. The van der Waals surface area contributed by atoms with Crippen LogP contribution in [0.15, 0.2) is 42.5 Å². The van der Waals surface area contributed by atoms with Crippen LogP contribution in [0, 0.1) is 5.82 Å². The van der Waals surface area contributed by atoms with Gasteiger partial charge in [0, 0.05) is 30.7 Å². The van der Waals surface area contributed by atoms with Gasteiger partial charge in [-0.2, -0.15) is 5.10 Å². The Bertz CT molecular complexity index is 729. The molecule has 1 aromatic heterocycles. The predicted octanol–water partition coefficient (Wildman–Crippen LogP) is 3.42. The lowest BCUT2D eigenvalue weighted by molar-refractivity contribution is 0.629. The van der Waals surface area contributed by atoms with Crippen LogP contribution in [0.4, 0.5) is 10.1 Å². The number of aromatic nitrogens is 2. The zero-order valence-electron chi connectivity index (χ0n) is 10.8. The summed E-state index contributed by atoms with van der Waals surface area (Å²) >= 11 is 0. The molecule has 2 aromatic carbocycles. The molecule has 0 aliphatic rings. The Labute approximate surface area is 110 Å². The maximum Gasteiger partial charge on any atom is 0.124 e. The lowest BCUT2D eigenvalue weighted by Crippen LogP contribution is -1.90. The normalized spacial score (nSPS) is 10.9. The van der Waals surface area contributed by atoms with E-state index in [1.165, 1.54) is 12.1 Å². The molecule has 0 amide bonds. The van der Waals surface area contributed by atoms with E-state index in [1.807, 2.05) is 38.4 Å². The monoisotopic (exact) mass is 255 g/mol. The molecule has 1 heterocycles. The Kier molecular flexibility index (Phi) is 2.71. The number of fused-ring (bicyclic) bond motifs is 1. The second-order valence-electron chi connectivity index (χ2n) is 4.46. The zero-order valence-corrected chi connectivity index (χ0v) is 10.8. The van der Waals surface area contributed by atoms with E-state index in [1.54, 1.807) is 10.7 Å². The third-order valence-corrected chi connectivity index (χ3v) is 3.26. The van der Waals surface area contributed by atoms with Gasteiger partial charge in [0.1, 0.15) is 11.5 Å². The number of nitrogens with one attached hydrogen (secondary N) is 1. The number of anilines is 1. The molecule has 1 N–H and O–H groups in total. The number of hydrogen-bond acceptors (Lipinski definition) is 2. The Morgan fingerprint density at radius 1 is 1.11 bits per heavy atom. The number of nitrogens with zero attached hydrogens (tertiary/aromatic N) is 2. The molecule has 0 spiro atoms. The van der Waals surface area contributed by atoms with Crippen molar-refractivity contribution in [3.05, 3.63) is 48.3 Å². The van der Waals surface area contributed by atoms with Crippen LogP contribution in [0.25, 0.3) is 22.2 Å². The van der Waals surface area contributed by atoms with Crippen LogP contribution in [0.1, 0.15) is 0 Å². The van der Waals surface area contributed by atoms with E-state index in [-0.39, 0.29) is 5.82 Å². The molecule has 19 heavy (non-hydrogen) atoms. The molecule has 0 saturated heterocycles. The zero-order chi connectivity index (χ0) is 13.4. The third kappa shape index (κ3) is 1.95. The molecule has 3 nitrogen and oxygen atoms in total. The van der Waals surface area contributed by atoms with E-state index in [4.69, 9.17) is 0 Å². The number of benzene rings is 2. The minimum atomic E-state index is -0.242. The molecule has 3 aromatic rings. The van der Waals surface area contributed by atoms with E-state index < -0.39 is 0 Å². The maximum absolute atomic E-state index is 13.4. The van der Waals surface area contributed by atoms with Crippen molar-refractivity contribution in [3.63, 3.8) is 0 Å². The minimum absolute atomic E-state index is 0.242. The molecule has 0 aliphatic heterocycles. The molecule has 0 aliphatic carbocycles. The van der Waals surface area contributed by atoms with Crippen molar-refractivity contribution in [1.82, 2.24) is 9.78 Å². The molecule has 0 radical (unpaired) electrons. The summed E-state index contributed by atoms with van der Waals surface area (Å²) < 4.78 is 15.2. The van der Waals surface area contributed by atoms with Gasteiger partial charge in [-0.15, -0.1) is 0 Å². The molecule has 0 unspecified atom stereocenters. The average Bonchev–Trinajstić information content (AvgIpc) is 2.75. The first kappa shape index (κ1) is 11.7. The topological polar surface area (TPSA) is 29.9 Å². The van der Waals surface area contributed by atoms with E-state index in [0.717, 1.165) is 27.8 Å². The molecule has 0 fully saturated rings. The van der Waals surface area contributed by atoms with Crippen LogP contribution in [-0.2, 0) is 7.05 Å². The molecular weight excluding hydrogens is 241 g/mol. The Morgan fingerprint density at radius 2 is 1.84 bits per heavy atom.